The summed E-state index contributed by atoms with van der Waals surface area (Å²) in [5, 5.41) is 0. The van der Waals surface area contributed by atoms with E-state index in [1.165, 1.54) is 5.56 Å². The number of carbonyl (C=O) groups excluding carboxylic acids is 1. The molecule has 0 amide bonds. The molecule has 110 valence electrons. The summed E-state index contributed by atoms with van der Waals surface area (Å²) in [5.74, 6) is 0.323. The zero-order valence-electron chi connectivity index (χ0n) is 13.1. The standard InChI is InChI=1S/C19H22O2/c1-5-14-10-12-15(13-11-14)18(20)21-17-9-7-6-8-16(17)19(2,3)4/h6-13H,5H2,1-4H3. The first-order valence-electron chi connectivity index (χ1n) is 7.32. The number of rotatable bonds is 3. The highest BCUT2D eigenvalue weighted by Gasteiger charge is 2.20. The van der Waals surface area contributed by atoms with Crippen LogP contribution in [0.2, 0.25) is 0 Å². The molecule has 0 unspecified atom stereocenters. The summed E-state index contributed by atoms with van der Waals surface area (Å²) in [4.78, 5) is 12.3. The largest absolute Gasteiger partial charge is 0.423 e. The summed E-state index contributed by atoms with van der Waals surface area (Å²) in [5.41, 5.74) is 2.75. The van der Waals surface area contributed by atoms with Crippen molar-refractivity contribution in [3.8, 4) is 5.75 Å². The lowest BCUT2D eigenvalue weighted by molar-refractivity contribution is 0.0732. The number of esters is 1. The normalized spacial score (nSPS) is 11.2. The van der Waals surface area contributed by atoms with Crippen LogP contribution in [0.4, 0.5) is 0 Å². The van der Waals surface area contributed by atoms with Crippen LogP contribution in [0.5, 0.6) is 5.75 Å². The summed E-state index contributed by atoms with van der Waals surface area (Å²) in [6.07, 6.45) is 0.961. The third kappa shape index (κ3) is 3.72. The Bertz CT molecular complexity index is 619. The lowest BCUT2D eigenvalue weighted by Gasteiger charge is -2.22. The van der Waals surface area contributed by atoms with Gasteiger partial charge in [0.05, 0.1) is 5.56 Å². The van der Waals surface area contributed by atoms with Crippen molar-refractivity contribution in [1.82, 2.24) is 0 Å². The van der Waals surface area contributed by atoms with E-state index in [1.54, 1.807) is 0 Å². The fourth-order valence-corrected chi connectivity index (χ4v) is 2.21. The molecule has 2 rings (SSSR count). The van der Waals surface area contributed by atoms with Gasteiger partial charge in [-0.15, -0.1) is 0 Å². The Balaban J connectivity index is 2.23. The summed E-state index contributed by atoms with van der Waals surface area (Å²) < 4.78 is 5.59. The summed E-state index contributed by atoms with van der Waals surface area (Å²) in [6, 6.07) is 15.3. The first-order chi connectivity index (χ1) is 9.91. The Morgan fingerprint density at radius 3 is 2.19 bits per heavy atom. The van der Waals surface area contributed by atoms with E-state index in [0.717, 1.165) is 12.0 Å². The Morgan fingerprint density at radius 2 is 1.62 bits per heavy atom. The van der Waals surface area contributed by atoms with Gasteiger partial charge < -0.3 is 4.74 Å². The molecule has 0 saturated heterocycles. The predicted octanol–water partition coefficient (Wildman–Crippen LogP) is 4.77. The van der Waals surface area contributed by atoms with Crippen molar-refractivity contribution in [2.75, 3.05) is 0 Å². The van der Waals surface area contributed by atoms with E-state index in [0.29, 0.717) is 11.3 Å². The third-order valence-electron chi connectivity index (χ3n) is 3.50. The van der Waals surface area contributed by atoms with E-state index < -0.39 is 0 Å². The fourth-order valence-electron chi connectivity index (χ4n) is 2.21. The van der Waals surface area contributed by atoms with Crippen molar-refractivity contribution in [3.63, 3.8) is 0 Å². The van der Waals surface area contributed by atoms with Gasteiger partial charge in [0.1, 0.15) is 5.75 Å². The number of aryl methyl sites for hydroxylation is 1. The maximum absolute atomic E-state index is 12.3. The van der Waals surface area contributed by atoms with E-state index >= 15 is 0 Å². The van der Waals surface area contributed by atoms with E-state index in [9.17, 15) is 4.79 Å². The molecule has 0 aliphatic heterocycles. The first kappa shape index (κ1) is 15.3. The molecule has 21 heavy (non-hydrogen) atoms. The second kappa shape index (κ2) is 6.13. The van der Waals surface area contributed by atoms with Gasteiger partial charge in [-0.25, -0.2) is 4.79 Å². The highest BCUT2D eigenvalue weighted by Crippen LogP contribution is 2.31. The SMILES string of the molecule is CCc1ccc(C(=O)Oc2ccccc2C(C)(C)C)cc1. The smallest absolute Gasteiger partial charge is 0.343 e. The highest BCUT2D eigenvalue weighted by molar-refractivity contribution is 5.91. The number of carbonyl (C=O) groups is 1. The molecule has 0 heterocycles. The van der Waals surface area contributed by atoms with Gasteiger partial charge in [0, 0.05) is 5.56 Å². The van der Waals surface area contributed by atoms with Crippen LogP contribution >= 0.6 is 0 Å². The van der Waals surface area contributed by atoms with Crippen LogP contribution in [0.25, 0.3) is 0 Å². The van der Waals surface area contributed by atoms with E-state index in [-0.39, 0.29) is 11.4 Å². The number of para-hydroxylation sites is 1. The minimum atomic E-state index is -0.311. The lowest BCUT2D eigenvalue weighted by atomic mass is 9.86. The quantitative estimate of drug-likeness (QED) is 0.599. The molecule has 0 saturated carbocycles. The van der Waals surface area contributed by atoms with Crippen LogP contribution in [-0.2, 0) is 11.8 Å². The van der Waals surface area contributed by atoms with E-state index in [1.807, 2.05) is 48.5 Å². The van der Waals surface area contributed by atoms with Crippen LogP contribution < -0.4 is 4.74 Å². The van der Waals surface area contributed by atoms with Gasteiger partial charge in [-0.2, -0.15) is 0 Å². The van der Waals surface area contributed by atoms with Crippen molar-refractivity contribution >= 4 is 5.97 Å². The van der Waals surface area contributed by atoms with E-state index in [4.69, 9.17) is 4.74 Å². The number of hydrogen-bond acceptors (Lipinski definition) is 2. The van der Waals surface area contributed by atoms with Crippen LogP contribution in [-0.4, -0.2) is 5.97 Å². The maximum Gasteiger partial charge on any atom is 0.343 e. The molecular formula is C19H22O2. The van der Waals surface area contributed by atoms with Crippen LogP contribution in [0, 0.1) is 0 Å². The molecule has 0 bridgehead atoms. The van der Waals surface area contributed by atoms with Gasteiger partial charge in [-0.1, -0.05) is 58.0 Å². The molecule has 2 heteroatoms. The molecule has 0 radical (unpaired) electrons. The fraction of sp³-hybridized carbons (Fsp3) is 0.316. The molecule has 2 nitrogen and oxygen atoms in total. The zero-order valence-corrected chi connectivity index (χ0v) is 13.1. The molecule has 0 N–H and O–H groups in total. The van der Waals surface area contributed by atoms with Gasteiger partial charge >= 0.3 is 5.97 Å². The van der Waals surface area contributed by atoms with Crippen LogP contribution in [0.1, 0.15) is 49.2 Å². The average Bonchev–Trinajstić information content (AvgIpc) is 2.47. The minimum absolute atomic E-state index is 0.0665. The van der Waals surface area contributed by atoms with Gasteiger partial charge in [0.25, 0.3) is 0 Å². The van der Waals surface area contributed by atoms with Crippen LogP contribution in [0.15, 0.2) is 48.5 Å². The zero-order chi connectivity index (χ0) is 15.5. The van der Waals surface area contributed by atoms with Gasteiger partial charge in [0.2, 0.25) is 0 Å². The van der Waals surface area contributed by atoms with Gasteiger partial charge in [0.15, 0.2) is 0 Å². The van der Waals surface area contributed by atoms with Gasteiger partial charge in [-0.05, 0) is 35.6 Å². The predicted molar refractivity (Wildman–Crippen MR) is 85.9 cm³/mol. The molecule has 0 fully saturated rings. The van der Waals surface area contributed by atoms with E-state index in [2.05, 4.69) is 27.7 Å². The highest BCUT2D eigenvalue weighted by atomic mass is 16.5. The maximum atomic E-state index is 12.3. The average molecular weight is 282 g/mol. The summed E-state index contributed by atoms with van der Waals surface area (Å²) in [7, 11) is 0. The van der Waals surface area contributed by atoms with Crippen LogP contribution in [0.3, 0.4) is 0 Å². The molecule has 2 aromatic rings. The minimum Gasteiger partial charge on any atom is -0.423 e. The number of hydrogen-bond donors (Lipinski definition) is 0. The topological polar surface area (TPSA) is 26.3 Å². The molecule has 0 spiro atoms. The molecule has 0 aliphatic carbocycles. The van der Waals surface area contributed by atoms with Crippen molar-refractivity contribution in [2.24, 2.45) is 0 Å². The summed E-state index contributed by atoms with van der Waals surface area (Å²) >= 11 is 0. The second-order valence-electron chi connectivity index (χ2n) is 6.19. The molecular weight excluding hydrogens is 260 g/mol. The third-order valence-corrected chi connectivity index (χ3v) is 3.50. The Kier molecular flexibility index (Phi) is 4.46. The van der Waals surface area contributed by atoms with Crippen molar-refractivity contribution < 1.29 is 9.53 Å². The van der Waals surface area contributed by atoms with Crippen molar-refractivity contribution in [1.29, 1.82) is 0 Å². The Hall–Kier alpha value is -2.09. The monoisotopic (exact) mass is 282 g/mol. The number of ether oxygens (including phenoxy) is 1. The lowest BCUT2D eigenvalue weighted by Crippen LogP contribution is -2.16. The first-order valence-corrected chi connectivity index (χ1v) is 7.32. The molecule has 0 atom stereocenters. The van der Waals surface area contributed by atoms with Crippen molar-refractivity contribution in [2.45, 2.75) is 39.5 Å². The Morgan fingerprint density at radius 1 is 1.00 bits per heavy atom. The molecule has 0 aliphatic rings. The molecule has 2 aromatic carbocycles. The Labute approximate surface area is 126 Å². The van der Waals surface area contributed by atoms with Crippen molar-refractivity contribution in [3.05, 3.63) is 65.2 Å². The van der Waals surface area contributed by atoms with Gasteiger partial charge in [-0.3, -0.25) is 0 Å². The molecule has 0 aromatic heterocycles. The second-order valence-corrected chi connectivity index (χ2v) is 6.19. The number of benzene rings is 2. The summed E-state index contributed by atoms with van der Waals surface area (Å²) in [6.45, 7) is 8.41.